The average molecular weight is 821 g/mol. The summed E-state index contributed by atoms with van der Waals surface area (Å²) in [6.07, 6.45) is 0. The summed E-state index contributed by atoms with van der Waals surface area (Å²) in [4.78, 5) is 25.8. The van der Waals surface area contributed by atoms with Crippen molar-refractivity contribution in [1.82, 2.24) is 15.0 Å². The van der Waals surface area contributed by atoms with Crippen LogP contribution in [0.5, 0.6) is 51.7 Å². The van der Waals surface area contributed by atoms with Gasteiger partial charge in [0, 0.05) is 44.1 Å². The Morgan fingerprint density at radius 2 is 1.08 bits per heavy atom. The first-order valence-electron chi connectivity index (χ1n) is 19.1. The Morgan fingerprint density at radius 3 is 1.77 bits per heavy atom. The van der Waals surface area contributed by atoms with Gasteiger partial charge in [0.2, 0.25) is 18.8 Å². The van der Waals surface area contributed by atoms with E-state index in [-0.39, 0.29) is 78.9 Å². The number of hydrogen-bond donors (Lipinski definition) is 6. The first-order valence-corrected chi connectivity index (χ1v) is 19.9. The zero-order valence-corrected chi connectivity index (χ0v) is 33.0. The van der Waals surface area contributed by atoms with Crippen LogP contribution in [-0.2, 0) is 0 Å². The highest BCUT2D eigenvalue weighted by Gasteiger charge is 2.40. The Labute approximate surface area is 351 Å². The Hall–Kier alpha value is -7.90. The molecule has 6 N–H and O–H groups in total. The van der Waals surface area contributed by atoms with Crippen molar-refractivity contribution >= 4 is 63.0 Å². The monoisotopic (exact) mass is 821 g/mol. The lowest BCUT2D eigenvalue weighted by Crippen LogP contribution is -2.32. The van der Waals surface area contributed by atoms with Crippen LogP contribution in [0, 0.1) is 0 Å². The molecule has 0 saturated heterocycles. The lowest BCUT2D eigenvalue weighted by Gasteiger charge is -2.25. The van der Waals surface area contributed by atoms with Crippen molar-refractivity contribution in [2.24, 2.45) is 0 Å². The van der Waals surface area contributed by atoms with Gasteiger partial charge in [-0.2, -0.15) is 0 Å². The summed E-state index contributed by atoms with van der Waals surface area (Å²) in [7, 11) is 2.98. The number of phenolic OH excluding ortho intramolecular Hbond substituents is 6. The number of thiophene rings is 1. The third kappa shape index (κ3) is 5.23. The molecule has 0 fully saturated rings. The van der Waals surface area contributed by atoms with Gasteiger partial charge in [-0.25, -0.2) is 15.0 Å². The number of ether oxygens (including phenoxy) is 1. The van der Waals surface area contributed by atoms with Crippen molar-refractivity contribution in [2.45, 2.75) is 0 Å². The number of aromatic hydroxyl groups is 6. The predicted molar refractivity (Wildman–Crippen MR) is 238 cm³/mol. The Morgan fingerprint density at radius 1 is 0.508 bits per heavy atom. The summed E-state index contributed by atoms with van der Waals surface area (Å²) >= 11 is 0.991. The molecule has 0 spiro atoms. The van der Waals surface area contributed by atoms with E-state index in [1.807, 2.05) is 103 Å². The standard InChI is InChI=1S/C46H29B2N3O9S/c1-58-25-10-6-5-9-24(25)21-13-17-23(18-14-21)45-49-44(22-15-11-20(12-16-22)19-7-3-2-4-8-19)50-46(51-45)30-34(52)33-29-27-26-28-32(48-33)37(55)36(54)31(47)40(28)59-60-41(26)38(56)39(57)42(27)61-43(29)35(30)53/h2-18,48,52-57H,47H2,1H3. The molecule has 61 heavy (non-hydrogen) atoms. The maximum absolute atomic E-state index is 12.5. The topological polar surface area (TPSA) is 188 Å². The van der Waals surface area contributed by atoms with E-state index >= 15 is 0 Å². The third-order valence-electron chi connectivity index (χ3n) is 11.5. The van der Waals surface area contributed by atoms with Gasteiger partial charge in [-0.15, -0.1) is 11.3 Å². The molecule has 0 radical (unpaired) electrons. The van der Waals surface area contributed by atoms with E-state index in [1.54, 1.807) is 7.11 Å². The number of hydrogen-bond acceptors (Lipinski definition) is 13. The van der Waals surface area contributed by atoms with Crippen LogP contribution in [0.15, 0.2) is 103 Å². The van der Waals surface area contributed by atoms with Gasteiger partial charge in [0.05, 0.1) is 16.5 Å². The van der Waals surface area contributed by atoms with E-state index < -0.39 is 28.7 Å². The first kappa shape index (κ1) is 36.2. The summed E-state index contributed by atoms with van der Waals surface area (Å²) in [6, 6.07) is 32.9. The van der Waals surface area contributed by atoms with Crippen molar-refractivity contribution in [3.8, 4) is 119 Å². The smallest absolute Gasteiger partial charge is 0.232 e. The number of phenols is 6. The molecule has 2 aliphatic heterocycles. The van der Waals surface area contributed by atoms with Crippen LogP contribution >= 0.6 is 11.3 Å². The normalized spacial score (nSPS) is 12.2. The molecule has 0 atom stereocenters. The van der Waals surface area contributed by atoms with E-state index in [1.165, 1.54) is 7.85 Å². The molecule has 0 unspecified atom stereocenters. The molecule has 0 aliphatic carbocycles. The van der Waals surface area contributed by atoms with Gasteiger partial charge in [0.1, 0.15) is 30.7 Å². The van der Waals surface area contributed by atoms with Crippen molar-refractivity contribution in [3.05, 3.63) is 103 Å². The van der Waals surface area contributed by atoms with Gasteiger partial charge in [-0.3, -0.25) is 9.78 Å². The van der Waals surface area contributed by atoms with Crippen molar-refractivity contribution in [2.75, 3.05) is 7.11 Å². The number of rotatable bonds is 6. The fraction of sp³-hybridized carbons (Fsp3) is 0.0217. The average Bonchev–Trinajstić information content (AvgIpc) is 3.63. The molecule has 2 aliphatic rings. The Kier molecular flexibility index (Phi) is 7.90. The van der Waals surface area contributed by atoms with Gasteiger partial charge in [0.25, 0.3) is 0 Å². The van der Waals surface area contributed by atoms with Gasteiger partial charge in [-0.05, 0) is 33.7 Å². The van der Waals surface area contributed by atoms with Crippen molar-refractivity contribution in [3.63, 3.8) is 0 Å². The van der Waals surface area contributed by atoms with Crippen LogP contribution in [-0.4, -0.2) is 67.8 Å². The van der Waals surface area contributed by atoms with E-state index in [2.05, 4.69) is 0 Å². The fourth-order valence-electron chi connectivity index (χ4n) is 8.48. The van der Waals surface area contributed by atoms with Crippen LogP contribution in [0.2, 0.25) is 0 Å². The zero-order valence-electron chi connectivity index (χ0n) is 32.2. The number of methoxy groups -OCH3 is 1. The summed E-state index contributed by atoms with van der Waals surface area (Å²) in [5, 5.41) is 70.6. The maximum Gasteiger partial charge on any atom is 0.232 e. The number of benzene rings is 7. The van der Waals surface area contributed by atoms with Gasteiger partial charge >= 0.3 is 0 Å². The highest BCUT2D eigenvalue weighted by molar-refractivity contribution is 7.27. The maximum atomic E-state index is 12.5. The highest BCUT2D eigenvalue weighted by Crippen LogP contribution is 2.60. The van der Waals surface area contributed by atoms with Crippen molar-refractivity contribution < 1.29 is 45.2 Å². The predicted octanol–water partition coefficient (Wildman–Crippen LogP) is 6.13. The molecule has 0 amide bonds. The highest BCUT2D eigenvalue weighted by atomic mass is 32.1. The molecule has 12 nitrogen and oxygen atoms in total. The molecule has 4 heterocycles. The number of para-hydroxylation sites is 1. The van der Waals surface area contributed by atoms with Crippen molar-refractivity contribution in [1.29, 1.82) is 0 Å². The molecule has 9 aromatic rings. The molecular formula is C46H29B2N3O9S. The molecule has 11 rings (SSSR count). The van der Waals surface area contributed by atoms with Gasteiger partial charge < -0.3 is 35.4 Å². The molecule has 2 aromatic heterocycles. The fourth-order valence-corrected chi connectivity index (χ4v) is 9.71. The quantitative estimate of drug-likeness (QED) is 0.0641. The minimum absolute atomic E-state index is 0.0587. The van der Waals surface area contributed by atoms with Crippen LogP contribution < -0.4 is 30.9 Å². The van der Waals surface area contributed by atoms with Crippen LogP contribution in [0.25, 0.3) is 87.7 Å². The lowest BCUT2D eigenvalue weighted by molar-refractivity contribution is -0.103. The van der Waals surface area contributed by atoms with Crippen LogP contribution in [0.4, 0.5) is 0 Å². The van der Waals surface area contributed by atoms with Gasteiger partial charge in [0.15, 0.2) is 40.5 Å². The van der Waals surface area contributed by atoms with E-state index in [4.69, 9.17) is 29.5 Å². The molecule has 15 heteroatoms. The molecule has 294 valence electrons. The molecule has 0 bridgehead atoms. The second-order valence-corrected chi connectivity index (χ2v) is 15.9. The van der Waals surface area contributed by atoms with E-state index in [9.17, 15) is 30.6 Å². The second kappa shape index (κ2) is 13.3. The van der Waals surface area contributed by atoms with Gasteiger partial charge in [-0.1, -0.05) is 97.1 Å². The lowest BCUT2D eigenvalue weighted by atomic mass is 9.60. The Bertz CT molecular complexity index is 3340. The summed E-state index contributed by atoms with van der Waals surface area (Å²) in [5.41, 5.74) is 6.07. The summed E-state index contributed by atoms with van der Waals surface area (Å²) in [5.74, 6) is -1.84. The van der Waals surface area contributed by atoms with E-state index in [0.29, 0.717) is 33.2 Å². The number of aromatic nitrogens is 3. The minimum atomic E-state index is -0.620. The Balaban J connectivity index is 1.16. The largest absolute Gasteiger partial charge is 0.508 e. The zero-order chi connectivity index (χ0) is 41.8. The molecule has 7 aromatic carbocycles. The summed E-state index contributed by atoms with van der Waals surface area (Å²) < 4.78 is 6.02. The van der Waals surface area contributed by atoms with Crippen LogP contribution in [0.1, 0.15) is 0 Å². The minimum Gasteiger partial charge on any atom is -0.508 e. The molecule has 0 saturated carbocycles. The third-order valence-corrected chi connectivity index (χ3v) is 12.7. The second-order valence-electron chi connectivity index (χ2n) is 14.8. The first-order chi connectivity index (χ1) is 29.6. The SMILES string of the molecule is Bc1c(O)c(O)c2c3c1OOc1c(O)c(O)c4sc5c(O)c(-c6nc(-c7ccc(-c8ccccc8)cc7)nc(-c7ccc(-c8ccccc8OC)cc7)n6)c(O)c(c5c4c1-3)B2. The van der Waals surface area contributed by atoms with E-state index in [0.717, 1.165) is 33.6 Å². The molecular weight excluding hydrogens is 792 g/mol. The van der Waals surface area contributed by atoms with Crippen LogP contribution in [0.3, 0.4) is 0 Å². The number of nitrogens with zero attached hydrogens (tertiary/aromatic N) is 3. The summed E-state index contributed by atoms with van der Waals surface area (Å²) in [6.45, 7) is 0.